The number of hydrogen-bond donors (Lipinski definition) is 1. The van der Waals surface area contributed by atoms with Gasteiger partial charge in [-0.25, -0.2) is 13.2 Å². The number of nitrogens with zero attached hydrogens (tertiary/aromatic N) is 1. The van der Waals surface area contributed by atoms with Crippen LogP contribution in [0.5, 0.6) is 0 Å². The van der Waals surface area contributed by atoms with Crippen LogP contribution in [-0.2, 0) is 4.74 Å². The Kier molecular flexibility index (Phi) is 14.0. The summed E-state index contributed by atoms with van der Waals surface area (Å²) in [7, 11) is 0. The van der Waals surface area contributed by atoms with Gasteiger partial charge in [-0.3, -0.25) is 0 Å². The minimum Gasteiger partial charge on any atom is -0.472 e. The molecule has 0 saturated carbocycles. The van der Waals surface area contributed by atoms with Gasteiger partial charge in [0.25, 0.3) is 0 Å². The van der Waals surface area contributed by atoms with Crippen LogP contribution in [0.15, 0.2) is 95.5 Å². The lowest BCUT2D eigenvalue weighted by molar-refractivity contribution is 0.226. The molecular formula is C25H31F3N2O. The first-order chi connectivity index (χ1) is 14.6. The summed E-state index contributed by atoms with van der Waals surface area (Å²) in [5.74, 6) is -2.05. The average Bonchev–Trinajstić information content (AvgIpc) is 2.74. The van der Waals surface area contributed by atoms with Gasteiger partial charge in [-0.1, -0.05) is 56.0 Å². The molecule has 168 valence electrons. The summed E-state index contributed by atoms with van der Waals surface area (Å²) in [5, 5.41) is 8.70. The lowest BCUT2D eigenvalue weighted by Gasteiger charge is -2.07. The van der Waals surface area contributed by atoms with Crippen molar-refractivity contribution in [3.05, 3.63) is 95.5 Å². The van der Waals surface area contributed by atoms with E-state index < -0.39 is 23.7 Å². The fraction of sp³-hybridized carbons (Fsp3) is 0.320. The molecule has 6 heteroatoms. The second-order valence-electron chi connectivity index (χ2n) is 6.76. The molecule has 0 fully saturated rings. The number of alkyl halides is 1. The van der Waals surface area contributed by atoms with Gasteiger partial charge in [0.2, 0.25) is 5.88 Å². The maximum Gasteiger partial charge on any atom is 0.221 e. The molecule has 0 aromatic rings. The molecule has 0 aliphatic heterocycles. The summed E-state index contributed by atoms with van der Waals surface area (Å²) in [6.45, 7) is 11.9. The van der Waals surface area contributed by atoms with Crippen molar-refractivity contribution in [3.8, 4) is 6.07 Å². The molecule has 3 nitrogen and oxygen atoms in total. The summed E-state index contributed by atoms with van der Waals surface area (Å²) >= 11 is 0. The molecule has 0 aliphatic rings. The molecule has 0 saturated heterocycles. The quantitative estimate of drug-likeness (QED) is 0.191. The average molecular weight is 433 g/mol. The predicted molar refractivity (Wildman–Crippen MR) is 122 cm³/mol. The van der Waals surface area contributed by atoms with Gasteiger partial charge in [0.15, 0.2) is 5.83 Å². The second kappa shape index (κ2) is 15.6. The van der Waals surface area contributed by atoms with Crippen LogP contribution >= 0.6 is 0 Å². The number of rotatable bonds is 13. The van der Waals surface area contributed by atoms with Crippen molar-refractivity contribution in [2.45, 2.75) is 46.2 Å². The largest absolute Gasteiger partial charge is 0.472 e. The number of allylic oxidation sites excluding steroid dienone is 11. The lowest BCUT2D eigenvalue weighted by atomic mass is 10.1. The monoisotopic (exact) mass is 432 g/mol. The van der Waals surface area contributed by atoms with Gasteiger partial charge in [0.1, 0.15) is 18.6 Å². The van der Waals surface area contributed by atoms with E-state index in [9.17, 15) is 13.2 Å². The Bertz CT molecular complexity index is 850. The van der Waals surface area contributed by atoms with E-state index in [-0.39, 0.29) is 24.2 Å². The van der Waals surface area contributed by atoms with E-state index >= 15 is 0 Å². The first kappa shape index (κ1) is 27.8. The molecule has 0 rings (SSSR count). The fourth-order valence-corrected chi connectivity index (χ4v) is 2.02. The minimum atomic E-state index is -0.985. The fourth-order valence-electron chi connectivity index (χ4n) is 2.02. The van der Waals surface area contributed by atoms with Gasteiger partial charge in [-0.15, -0.1) is 0 Å². The molecule has 0 aromatic heterocycles. The normalized spacial score (nSPS) is 15.4. The summed E-state index contributed by atoms with van der Waals surface area (Å²) < 4.78 is 46.4. The van der Waals surface area contributed by atoms with Crippen LogP contribution < -0.4 is 5.73 Å². The number of nitrogens with two attached hydrogens (primary N) is 1. The van der Waals surface area contributed by atoms with Crippen LogP contribution in [0.3, 0.4) is 0 Å². The molecule has 0 radical (unpaired) electrons. The summed E-state index contributed by atoms with van der Waals surface area (Å²) in [5.41, 5.74) is 7.49. The molecule has 0 spiro atoms. The highest BCUT2D eigenvalue weighted by molar-refractivity contribution is 5.34. The highest BCUT2D eigenvalue weighted by Gasteiger charge is 2.06. The third-order valence-corrected chi connectivity index (χ3v) is 4.00. The Morgan fingerprint density at radius 3 is 2.45 bits per heavy atom. The number of nitriles is 1. The molecular weight excluding hydrogens is 401 g/mol. The van der Waals surface area contributed by atoms with Crippen LogP contribution in [0.4, 0.5) is 13.2 Å². The Balaban J connectivity index is 5.23. The van der Waals surface area contributed by atoms with E-state index in [0.717, 1.165) is 29.7 Å². The predicted octanol–water partition coefficient (Wildman–Crippen LogP) is 7.12. The molecule has 31 heavy (non-hydrogen) atoms. The van der Waals surface area contributed by atoms with Crippen molar-refractivity contribution in [2.75, 3.05) is 6.61 Å². The van der Waals surface area contributed by atoms with Gasteiger partial charge in [0, 0.05) is 11.1 Å². The highest BCUT2D eigenvalue weighted by Crippen LogP contribution is 2.16. The van der Waals surface area contributed by atoms with Crippen LogP contribution in [0.25, 0.3) is 0 Å². The summed E-state index contributed by atoms with van der Waals surface area (Å²) in [6.07, 6.45) is 10.7. The SMILES string of the molecule is C=C/C(CO/C(N)=C(F)/C=C\CC(/C=C\C(=C)CC)=C/CC(C)F)=C(F)\C=C(/C)C#N. The van der Waals surface area contributed by atoms with Gasteiger partial charge in [-0.2, -0.15) is 5.26 Å². The van der Waals surface area contributed by atoms with Gasteiger partial charge >= 0.3 is 0 Å². The smallest absolute Gasteiger partial charge is 0.221 e. The third-order valence-electron chi connectivity index (χ3n) is 4.00. The minimum absolute atomic E-state index is 0.0289. The topological polar surface area (TPSA) is 59.0 Å². The van der Waals surface area contributed by atoms with Crippen LogP contribution in [-0.4, -0.2) is 12.8 Å². The van der Waals surface area contributed by atoms with Gasteiger partial charge in [-0.05, 0) is 50.8 Å². The van der Waals surface area contributed by atoms with E-state index in [0.29, 0.717) is 6.42 Å². The molecule has 1 atom stereocenters. The maximum absolute atomic E-state index is 14.2. The molecule has 0 bridgehead atoms. The maximum atomic E-state index is 14.2. The van der Waals surface area contributed by atoms with Crippen molar-refractivity contribution >= 4 is 0 Å². The summed E-state index contributed by atoms with van der Waals surface area (Å²) in [4.78, 5) is 0. The third kappa shape index (κ3) is 12.9. The Labute approximate surface area is 183 Å². The number of hydrogen-bond acceptors (Lipinski definition) is 3. The Hall–Kier alpha value is -3.20. The van der Waals surface area contributed by atoms with E-state index in [4.69, 9.17) is 15.7 Å². The van der Waals surface area contributed by atoms with Crippen LogP contribution in [0, 0.1) is 11.3 Å². The van der Waals surface area contributed by atoms with E-state index in [1.807, 2.05) is 19.1 Å². The molecule has 0 aromatic carbocycles. The zero-order valence-corrected chi connectivity index (χ0v) is 18.4. The van der Waals surface area contributed by atoms with Crippen molar-refractivity contribution in [1.82, 2.24) is 0 Å². The van der Waals surface area contributed by atoms with Crippen LogP contribution in [0.2, 0.25) is 0 Å². The number of halogens is 3. The standard InChI is InChI=1S/C25H31F3N2O/c1-6-18(3)11-13-21(14-12-20(5)26)9-8-10-23(27)25(30)31-17-22(7-2)24(28)15-19(4)16-29/h7-8,10-11,13-15,20H,2-3,6,9,12,17,30H2,1,4-5H3/b10-8-,13-11-,19-15+,21-14-,24-22-,25-23-. The first-order valence-electron chi connectivity index (χ1n) is 9.87. The molecule has 0 amide bonds. The molecule has 2 N–H and O–H groups in total. The van der Waals surface area contributed by atoms with E-state index in [1.165, 1.54) is 26.0 Å². The van der Waals surface area contributed by atoms with Crippen LogP contribution in [0.1, 0.15) is 40.0 Å². The van der Waals surface area contributed by atoms with E-state index in [2.05, 4.69) is 13.2 Å². The van der Waals surface area contributed by atoms with E-state index in [1.54, 1.807) is 12.1 Å². The molecule has 1 unspecified atom stereocenters. The highest BCUT2D eigenvalue weighted by atomic mass is 19.1. The van der Waals surface area contributed by atoms with Gasteiger partial charge < -0.3 is 10.5 Å². The first-order valence-corrected chi connectivity index (χ1v) is 9.87. The van der Waals surface area contributed by atoms with Crippen molar-refractivity contribution in [3.63, 3.8) is 0 Å². The lowest BCUT2D eigenvalue weighted by Crippen LogP contribution is -2.07. The Morgan fingerprint density at radius 2 is 1.90 bits per heavy atom. The molecule has 0 heterocycles. The van der Waals surface area contributed by atoms with Crippen molar-refractivity contribution in [1.29, 1.82) is 5.26 Å². The number of ether oxygens (including phenoxy) is 1. The Morgan fingerprint density at radius 1 is 1.23 bits per heavy atom. The zero-order valence-electron chi connectivity index (χ0n) is 18.4. The molecule has 0 aliphatic carbocycles. The second-order valence-corrected chi connectivity index (χ2v) is 6.76. The van der Waals surface area contributed by atoms with Crippen molar-refractivity contribution in [2.24, 2.45) is 5.73 Å². The summed E-state index contributed by atoms with van der Waals surface area (Å²) in [6, 6.07) is 1.80. The van der Waals surface area contributed by atoms with Gasteiger partial charge in [0.05, 0.1) is 6.07 Å². The zero-order chi connectivity index (χ0) is 23.8. The van der Waals surface area contributed by atoms with Crippen molar-refractivity contribution < 1.29 is 17.9 Å².